The van der Waals surface area contributed by atoms with Crippen molar-refractivity contribution in [3.05, 3.63) is 65.2 Å². The average molecular weight is 263 g/mol. The Bertz CT molecular complexity index is 479. The molecule has 0 aliphatic heterocycles. The van der Waals surface area contributed by atoms with Crippen LogP contribution in [0.5, 0.6) is 5.75 Å². The van der Waals surface area contributed by atoms with Crippen LogP contribution in [0.2, 0.25) is 0 Å². The van der Waals surface area contributed by atoms with Gasteiger partial charge in [-0.15, -0.1) is 0 Å². The van der Waals surface area contributed by atoms with Gasteiger partial charge >= 0.3 is 0 Å². The molecule has 0 spiro atoms. The number of methoxy groups -OCH3 is 1. The molecule has 1 unspecified atom stereocenters. The van der Waals surface area contributed by atoms with E-state index >= 15 is 0 Å². The summed E-state index contributed by atoms with van der Waals surface area (Å²) < 4.78 is 5.13. The molecule has 0 fully saturated rings. The summed E-state index contributed by atoms with van der Waals surface area (Å²) in [6, 6.07) is 16.1. The van der Waals surface area contributed by atoms with Gasteiger partial charge in [0.1, 0.15) is 5.75 Å². The van der Waals surface area contributed by atoms with Crippen LogP contribution >= 0.6 is 0 Å². The summed E-state index contributed by atoms with van der Waals surface area (Å²) in [6.07, 6.45) is 0. The van der Waals surface area contributed by atoms with Crippen LogP contribution in [0.4, 0.5) is 0 Å². The molecule has 96 valence electrons. The molecule has 18 heavy (non-hydrogen) atoms. The predicted molar refractivity (Wildman–Crippen MR) is 70.2 cm³/mol. The first-order valence-electron chi connectivity index (χ1n) is 5.67. The van der Waals surface area contributed by atoms with E-state index in [1.54, 1.807) is 7.11 Å². The van der Waals surface area contributed by atoms with E-state index in [0.717, 1.165) is 16.9 Å². The Labute approximate surface area is 114 Å². The first-order valence-corrected chi connectivity index (χ1v) is 5.67. The highest BCUT2D eigenvalue weighted by atomic mass is 35.5. The van der Waals surface area contributed by atoms with Crippen LogP contribution in [0.3, 0.4) is 0 Å². The van der Waals surface area contributed by atoms with Gasteiger partial charge in [0, 0.05) is 0 Å². The second-order valence-corrected chi connectivity index (χ2v) is 4.16. The van der Waals surface area contributed by atoms with Gasteiger partial charge in [0.15, 0.2) is 0 Å². The van der Waals surface area contributed by atoms with E-state index in [9.17, 15) is 0 Å². The maximum Gasteiger partial charge on any atom is 0.118 e. The summed E-state index contributed by atoms with van der Waals surface area (Å²) in [7, 11) is 1.66. The van der Waals surface area contributed by atoms with Crippen molar-refractivity contribution in [3.63, 3.8) is 0 Å². The molecule has 2 rings (SSSR count). The molecule has 0 saturated carbocycles. The van der Waals surface area contributed by atoms with E-state index in [2.05, 4.69) is 31.2 Å². The lowest BCUT2D eigenvalue weighted by atomic mass is 9.99. The van der Waals surface area contributed by atoms with E-state index in [-0.39, 0.29) is 18.4 Å². The first-order chi connectivity index (χ1) is 8.20. The Morgan fingerprint density at radius 2 is 1.33 bits per heavy atom. The third-order valence-electron chi connectivity index (χ3n) is 2.91. The second-order valence-electron chi connectivity index (χ2n) is 4.16. The van der Waals surface area contributed by atoms with Crippen LogP contribution < -0.4 is 22.9 Å². The first kappa shape index (κ1) is 14.6. The molecule has 0 heterocycles. The van der Waals surface area contributed by atoms with Gasteiger partial charge in [-0.25, -0.2) is 0 Å². The topological polar surface area (TPSA) is 35.2 Å². The van der Waals surface area contributed by atoms with Crippen LogP contribution in [0, 0.1) is 6.92 Å². The van der Waals surface area contributed by atoms with Crippen molar-refractivity contribution in [1.82, 2.24) is 0 Å². The lowest BCUT2D eigenvalue weighted by Crippen LogP contribution is -3.00. The Morgan fingerprint density at radius 3 is 1.78 bits per heavy atom. The summed E-state index contributed by atoms with van der Waals surface area (Å²) in [4.78, 5) is 0. The van der Waals surface area contributed by atoms with E-state index in [1.165, 1.54) is 5.56 Å². The minimum absolute atomic E-state index is 0. The zero-order valence-corrected chi connectivity index (χ0v) is 11.3. The Hall–Kier alpha value is -1.51. The van der Waals surface area contributed by atoms with Crippen molar-refractivity contribution < 1.29 is 17.1 Å². The fraction of sp³-hybridized carbons (Fsp3) is 0.200. The van der Waals surface area contributed by atoms with Gasteiger partial charge in [0.2, 0.25) is 0 Å². The van der Waals surface area contributed by atoms with Gasteiger partial charge in [0.25, 0.3) is 0 Å². The highest BCUT2D eigenvalue weighted by Crippen LogP contribution is 2.22. The van der Waals surface area contributed by atoms with Crippen LogP contribution in [0.1, 0.15) is 22.7 Å². The molecule has 1 atom stereocenters. The smallest absolute Gasteiger partial charge is 0.118 e. The van der Waals surface area contributed by atoms with Crippen LogP contribution in [-0.4, -0.2) is 7.11 Å². The molecule has 2 aromatic carbocycles. The Kier molecular flexibility index (Phi) is 5.20. The third-order valence-corrected chi connectivity index (χ3v) is 2.91. The van der Waals surface area contributed by atoms with Crippen molar-refractivity contribution in [2.24, 2.45) is 5.73 Å². The largest absolute Gasteiger partial charge is 1.00 e. The lowest BCUT2D eigenvalue weighted by Gasteiger charge is -2.13. The molecule has 3 heteroatoms. The molecule has 0 aliphatic carbocycles. The number of hydrogen-bond donors (Lipinski definition) is 1. The fourth-order valence-corrected chi connectivity index (χ4v) is 1.78. The minimum Gasteiger partial charge on any atom is -1.00 e. The molecule has 0 aliphatic rings. The normalized spacial score (nSPS) is 11.5. The predicted octanol–water partition coefficient (Wildman–Crippen LogP) is 0.0557. The number of aryl methyl sites for hydroxylation is 1. The number of hydrogen-bond acceptors (Lipinski definition) is 2. The van der Waals surface area contributed by atoms with Crippen molar-refractivity contribution in [1.29, 1.82) is 0 Å². The van der Waals surface area contributed by atoms with Crippen molar-refractivity contribution in [2.75, 3.05) is 7.11 Å². The molecular weight excluding hydrogens is 246 g/mol. The fourth-order valence-electron chi connectivity index (χ4n) is 1.78. The van der Waals surface area contributed by atoms with E-state index in [0.29, 0.717) is 0 Å². The zero-order valence-electron chi connectivity index (χ0n) is 10.6. The number of benzene rings is 2. The summed E-state index contributed by atoms with van der Waals surface area (Å²) in [5, 5.41) is 0. The maximum absolute atomic E-state index is 6.22. The third kappa shape index (κ3) is 3.25. The standard InChI is InChI=1S/C15H17NO.ClH/c1-11-3-5-12(6-4-11)15(16)13-7-9-14(17-2)10-8-13;/h3-10,15H,16H2,1-2H3;1H/p-1. The number of nitrogens with two attached hydrogens (primary N) is 1. The van der Waals surface area contributed by atoms with Crippen LogP contribution in [0.15, 0.2) is 48.5 Å². The highest BCUT2D eigenvalue weighted by Gasteiger charge is 2.08. The number of ether oxygens (including phenoxy) is 1. The van der Waals surface area contributed by atoms with E-state index in [1.807, 2.05) is 24.3 Å². The number of halogens is 1. The highest BCUT2D eigenvalue weighted by molar-refractivity contribution is 5.35. The van der Waals surface area contributed by atoms with Gasteiger partial charge < -0.3 is 22.9 Å². The average Bonchev–Trinajstić information content (AvgIpc) is 2.39. The summed E-state index contributed by atoms with van der Waals surface area (Å²) in [5.41, 5.74) is 9.68. The Balaban J connectivity index is 0.00000162. The van der Waals surface area contributed by atoms with Gasteiger partial charge in [-0.05, 0) is 30.2 Å². The Morgan fingerprint density at radius 1 is 0.889 bits per heavy atom. The van der Waals surface area contributed by atoms with Crippen LogP contribution in [0.25, 0.3) is 0 Å². The van der Waals surface area contributed by atoms with E-state index in [4.69, 9.17) is 10.5 Å². The summed E-state index contributed by atoms with van der Waals surface area (Å²) in [5.74, 6) is 0.852. The van der Waals surface area contributed by atoms with Crippen LogP contribution in [-0.2, 0) is 0 Å². The van der Waals surface area contributed by atoms with E-state index < -0.39 is 0 Å². The van der Waals surface area contributed by atoms with Gasteiger partial charge in [-0.2, -0.15) is 0 Å². The molecule has 2 N–H and O–H groups in total. The molecule has 2 nitrogen and oxygen atoms in total. The summed E-state index contributed by atoms with van der Waals surface area (Å²) in [6.45, 7) is 2.07. The van der Waals surface area contributed by atoms with Gasteiger partial charge in [-0.3, -0.25) is 0 Å². The monoisotopic (exact) mass is 262 g/mol. The lowest BCUT2D eigenvalue weighted by molar-refractivity contribution is -0.00000390. The molecule has 0 saturated heterocycles. The molecule has 0 aromatic heterocycles. The maximum atomic E-state index is 6.22. The van der Waals surface area contributed by atoms with Gasteiger partial charge in [-0.1, -0.05) is 42.0 Å². The molecular formula is C15H17ClNO-. The second kappa shape index (κ2) is 6.43. The van der Waals surface area contributed by atoms with Crippen molar-refractivity contribution in [3.8, 4) is 5.75 Å². The molecule has 0 amide bonds. The minimum atomic E-state index is -0.0819. The summed E-state index contributed by atoms with van der Waals surface area (Å²) >= 11 is 0. The quantitative estimate of drug-likeness (QED) is 0.849. The zero-order chi connectivity index (χ0) is 12.3. The van der Waals surface area contributed by atoms with Crippen molar-refractivity contribution >= 4 is 0 Å². The van der Waals surface area contributed by atoms with Crippen molar-refractivity contribution in [2.45, 2.75) is 13.0 Å². The SMILES string of the molecule is COc1ccc(C(N)c2ccc(C)cc2)cc1.[Cl-]. The number of rotatable bonds is 3. The molecule has 2 aromatic rings. The molecule has 0 bridgehead atoms. The van der Waals surface area contributed by atoms with Gasteiger partial charge in [0.05, 0.1) is 13.2 Å². The molecule has 0 radical (unpaired) electrons.